The first-order valence-electron chi connectivity index (χ1n) is 7.81. The topological polar surface area (TPSA) is 68.3 Å². The summed E-state index contributed by atoms with van der Waals surface area (Å²) in [7, 11) is 0. The van der Waals surface area contributed by atoms with Crippen molar-refractivity contribution in [2.75, 3.05) is 5.32 Å². The van der Waals surface area contributed by atoms with E-state index >= 15 is 0 Å². The van der Waals surface area contributed by atoms with Crippen molar-refractivity contribution in [2.45, 2.75) is 30.6 Å². The molecule has 4 rings (SSSR count). The van der Waals surface area contributed by atoms with Gasteiger partial charge in [-0.2, -0.15) is 0 Å². The summed E-state index contributed by atoms with van der Waals surface area (Å²) in [6.45, 7) is 0. The molecule has 1 aliphatic carbocycles. The first-order valence-corrected chi connectivity index (χ1v) is 7.81. The van der Waals surface area contributed by atoms with E-state index in [4.69, 9.17) is 4.74 Å². The summed E-state index contributed by atoms with van der Waals surface area (Å²) in [5.74, 6) is -3.53. The van der Waals surface area contributed by atoms with Crippen LogP contribution in [0.1, 0.15) is 24.0 Å². The van der Waals surface area contributed by atoms with Gasteiger partial charge in [-0.1, -0.05) is 6.07 Å². The predicted octanol–water partition coefficient (Wildman–Crippen LogP) is 2.85. The number of ether oxygens (including phenoxy) is 1. The molecule has 2 heterocycles. The average Bonchev–Trinajstić information content (AvgIpc) is 2.92. The molecule has 0 unspecified atom stereocenters. The number of rotatable bonds is 3. The zero-order valence-corrected chi connectivity index (χ0v) is 13.1. The molecule has 0 bridgehead atoms. The second-order valence-corrected chi connectivity index (χ2v) is 6.47. The van der Waals surface area contributed by atoms with Gasteiger partial charge in [-0.15, -0.1) is 0 Å². The van der Waals surface area contributed by atoms with Crippen molar-refractivity contribution in [3.05, 3.63) is 53.9 Å². The lowest BCUT2D eigenvalue weighted by Crippen LogP contribution is -2.56. The van der Waals surface area contributed by atoms with Crippen molar-refractivity contribution < 1.29 is 23.1 Å². The summed E-state index contributed by atoms with van der Waals surface area (Å²) < 4.78 is 32.5. The number of hydrogen-bond donors (Lipinski definition) is 1. The Balaban J connectivity index is 1.61. The van der Waals surface area contributed by atoms with Crippen LogP contribution in [0, 0.1) is 0 Å². The van der Waals surface area contributed by atoms with Crippen LogP contribution in [0.5, 0.6) is 5.75 Å². The molecule has 0 atom stereocenters. The number of fused-ring (bicyclic) bond motifs is 1. The Morgan fingerprint density at radius 2 is 2.04 bits per heavy atom. The summed E-state index contributed by atoms with van der Waals surface area (Å²) in [4.78, 5) is 28.0. The predicted molar refractivity (Wildman–Crippen MR) is 84.5 cm³/mol. The van der Waals surface area contributed by atoms with Crippen LogP contribution in [0.4, 0.5) is 14.5 Å². The number of aromatic nitrogens is 1. The number of benzene rings is 1. The molecule has 128 valence electrons. The number of carbonyl (C=O) groups excluding carboxylic acids is 2. The van der Waals surface area contributed by atoms with Gasteiger partial charge in [-0.25, -0.2) is 8.78 Å². The molecule has 1 aromatic carbocycles. The third kappa shape index (κ3) is 2.65. The first kappa shape index (κ1) is 15.7. The minimum absolute atomic E-state index is 0.135. The number of anilines is 1. The number of amides is 1. The number of halogens is 2. The molecule has 7 heteroatoms. The molecule has 2 aliphatic rings. The maximum atomic E-state index is 13.6. The summed E-state index contributed by atoms with van der Waals surface area (Å²) in [6, 6.07) is 7.96. The van der Waals surface area contributed by atoms with Crippen LogP contribution < -0.4 is 10.1 Å². The maximum absolute atomic E-state index is 13.6. The Labute approximate surface area is 142 Å². The Morgan fingerprint density at radius 1 is 1.24 bits per heavy atom. The van der Waals surface area contributed by atoms with Gasteiger partial charge in [-0.05, 0) is 35.4 Å². The van der Waals surface area contributed by atoms with Crippen LogP contribution in [0.15, 0.2) is 42.7 Å². The van der Waals surface area contributed by atoms with E-state index in [1.807, 2.05) is 0 Å². The SMILES string of the molecule is O=C1Cc2cc(OC(=O)C3(c4cccnc4)CC(F)(F)C3)ccc2N1. The summed E-state index contributed by atoms with van der Waals surface area (Å²) in [5.41, 5.74) is 0.403. The van der Waals surface area contributed by atoms with E-state index in [0.717, 1.165) is 0 Å². The highest BCUT2D eigenvalue weighted by Gasteiger charge is 2.63. The summed E-state index contributed by atoms with van der Waals surface area (Å²) in [6.07, 6.45) is 1.93. The van der Waals surface area contributed by atoms with Crippen molar-refractivity contribution in [1.82, 2.24) is 4.98 Å². The van der Waals surface area contributed by atoms with Crippen LogP contribution >= 0.6 is 0 Å². The zero-order valence-electron chi connectivity index (χ0n) is 13.1. The van der Waals surface area contributed by atoms with Crippen molar-refractivity contribution >= 4 is 17.6 Å². The van der Waals surface area contributed by atoms with E-state index in [9.17, 15) is 18.4 Å². The highest BCUT2D eigenvalue weighted by atomic mass is 19.3. The standard InChI is InChI=1S/C18H14F2N2O3/c19-18(20)9-17(10-18,12-2-1-5-21-8-12)16(24)25-13-3-4-14-11(6-13)7-15(23)22-14/h1-6,8H,7,9-10H2,(H,22,23). The number of nitrogens with zero attached hydrogens (tertiary/aromatic N) is 1. The third-order valence-corrected chi connectivity index (χ3v) is 4.64. The third-order valence-electron chi connectivity index (χ3n) is 4.64. The Kier molecular flexibility index (Phi) is 3.35. The fourth-order valence-corrected chi connectivity index (χ4v) is 3.42. The van der Waals surface area contributed by atoms with Gasteiger partial charge in [0.25, 0.3) is 5.92 Å². The molecule has 1 fully saturated rings. The van der Waals surface area contributed by atoms with Crippen LogP contribution in [0.2, 0.25) is 0 Å². The van der Waals surface area contributed by atoms with Gasteiger partial charge >= 0.3 is 5.97 Å². The molecule has 1 aliphatic heterocycles. The molecule has 5 nitrogen and oxygen atoms in total. The van der Waals surface area contributed by atoms with E-state index in [-0.39, 0.29) is 18.1 Å². The van der Waals surface area contributed by atoms with E-state index in [1.54, 1.807) is 24.3 Å². The zero-order chi connectivity index (χ0) is 17.7. The van der Waals surface area contributed by atoms with Crippen molar-refractivity contribution in [3.63, 3.8) is 0 Å². The summed E-state index contributed by atoms with van der Waals surface area (Å²) in [5, 5.41) is 2.68. The van der Waals surface area contributed by atoms with E-state index in [1.165, 1.54) is 18.5 Å². The fraction of sp³-hybridized carbons (Fsp3) is 0.278. The molecule has 2 aromatic rings. The monoisotopic (exact) mass is 344 g/mol. The highest BCUT2D eigenvalue weighted by Crippen LogP contribution is 2.54. The molecule has 0 saturated heterocycles. The molecule has 0 spiro atoms. The van der Waals surface area contributed by atoms with E-state index in [0.29, 0.717) is 16.8 Å². The van der Waals surface area contributed by atoms with Crippen molar-refractivity contribution in [3.8, 4) is 5.75 Å². The summed E-state index contributed by atoms with van der Waals surface area (Å²) >= 11 is 0. The lowest BCUT2D eigenvalue weighted by atomic mass is 9.62. The molecule has 1 N–H and O–H groups in total. The van der Waals surface area contributed by atoms with E-state index < -0.39 is 30.1 Å². The molecule has 25 heavy (non-hydrogen) atoms. The maximum Gasteiger partial charge on any atom is 0.322 e. The number of esters is 1. The lowest BCUT2D eigenvalue weighted by Gasteiger charge is -2.45. The molecular formula is C18H14F2N2O3. The van der Waals surface area contributed by atoms with E-state index in [2.05, 4.69) is 10.3 Å². The van der Waals surface area contributed by atoms with Gasteiger partial charge in [0.1, 0.15) is 11.2 Å². The minimum Gasteiger partial charge on any atom is -0.426 e. The molecular weight excluding hydrogens is 330 g/mol. The van der Waals surface area contributed by atoms with Gasteiger partial charge in [0.05, 0.1) is 6.42 Å². The Morgan fingerprint density at radius 3 is 2.72 bits per heavy atom. The van der Waals surface area contributed by atoms with Gasteiger partial charge < -0.3 is 10.1 Å². The highest BCUT2D eigenvalue weighted by molar-refractivity contribution is 5.99. The number of hydrogen-bond acceptors (Lipinski definition) is 4. The van der Waals surface area contributed by atoms with Gasteiger partial charge in [0, 0.05) is 30.9 Å². The molecule has 1 saturated carbocycles. The van der Waals surface area contributed by atoms with Crippen LogP contribution in [0.3, 0.4) is 0 Å². The molecule has 1 aromatic heterocycles. The Bertz CT molecular complexity index is 860. The second-order valence-electron chi connectivity index (χ2n) is 6.47. The van der Waals surface area contributed by atoms with Crippen molar-refractivity contribution in [1.29, 1.82) is 0 Å². The molecule has 1 amide bonds. The van der Waals surface area contributed by atoms with Gasteiger partial charge in [-0.3, -0.25) is 14.6 Å². The smallest absolute Gasteiger partial charge is 0.322 e. The quantitative estimate of drug-likeness (QED) is 0.687. The average molecular weight is 344 g/mol. The number of pyridine rings is 1. The van der Waals surface area contributed by atoms with Crippen LogP contribution in [-0.2, 0) is 21.4 Å². The van der Waals surface area contributed by atoms with Gasteiger partial charge in [0.15, 0.2) is 0 Å². The van der Waals surface area contributed by atoms with Gasteiger partial charge in [0.2, 0.25) is 5.91 Å². The van der Waals surface area contributed by atoms with Crippen LogP contribution in [-0.4, -0.2) is 22.8 Å². The second kappa shape index (κ2) is 5.34. The number of alkyl halides is 2. The minimum atomic E-state index is -2.90. The lowest BCUT2D eigenvalue weighted by molar-refractivity contribution is -0.171. The molecule has 0 radical (unpaired) electrons. The number of nitrogens with one attached hydrogen (secondary N) is 1. The normalized spacial score (nSPS) is 19.5. The van der Waals surface area contributed by atoms with Crippen LogP contribution in [0.25, 0.3) is 0 Å². The largest absolute Gasteiger partial charge is 0.426 e. The first-order chi connectivity index (χ1) is 11.9. The fourth-order valence-electron chi connectivity index (χ4n) is 3.42. The van der Waals surface area contributed by atoms with Crippen molar-refractivity contribution in [2.24, 2.45) is 0 Å². The Hall–Kier alpha value is -2.83. The number of carbonyl (C=O) groups is 2.